The summed E-state index contributed by atoms with van der Waals surface area (Å²) in [4.78, 5) is 35.1. The predicted octanol–water partition coefficient (Wildman–Crippen LogP) is 0.522. The first-order valence-corrected chi connectivity index (χ1v) is 10.0. The van der Waals surface area contributed by atoms with E-state index in [9.17, 15) is 22.8 Å². The lowest BCUT2D eigenvalue weighted by molar-refractivity contribution is -0.143. The summed E-state index contributed by atoms with van der Waals surface area (Å²) in [6.45, 7) is -1.01. The second-order valence-electron chi connectivity index (χ2n) is 5.43. The van der Waals surface area contributed by atoms with E-state index >= 15 is 0 Å². The standard InChI is InChI=1S/C15H15BrClN3O6S/c1-19-10(6-13(21)20(2)15(19)23)8-26-14(22)7-18-27(24,25)12-4-3-9(16)5-11(12)17/h3-6,18H,7-8H2,1-2H3. The van der Waals surface area contributed by atoms with Crippen LogP contribution in [0.2, 0.25) is 5.02 Å². The SMILES string of the molecule is Cn1c(COC(=O)CNS(=O)(=O)c2ccc(Br)cc2Cl)cc(=O)n(C)c1=O. The van der Waals surface area contributed by atoms with E-state index in [1.54, 1.807) is 0 Å². The largest absolute Gasteiger partial charge is 0.458 e. The first-order chi connectivity index (χ1) is 12.5. The van der Waals surface area contributed by atoms with Gasteiger partial charge in [-0.05, 0) is 18.2 Å². The zero-order chi connectivity index (χ0) is 20.4. The maximum Gasteiger partial charge on any atom is 0.330 e. The molecular weight excluding hydrogens is 466 g/mol. The van der Waals surface area contributed by atoms with Crippen LogP contribution in [-0.2, 0) is 40.3 Å². The second-order valence-corrected chi connectivity index (χ2v) is 8.49. The third-order valence-corrected chi connectivity index (χ3v) is 5.97. The number of hydrogen-bond donors (Lipinski definition) is 1. The first-order valence-electron chi connectivity index (χ1n) is 7.39. The molecule has 0 aliphatic carbocycles. The Hall–Kier alpha value is -1.95. The smallest absolute Gasteiger partial charge is 0.330 e. The van der Waals surface area contributed by atoms with Crippen molar-refractivity contribution in [3.05, 3.63) is 60.3 Å². The van der Waals surface area contributed by atoms with Crippen molar-refractivity contribution >= 4 is 43.5 Å². The molecule has 0 unspecified atom stereocenters. The molecule has 0 saturated carbocycles. The van der Waals surface area contributed by atoms with E-state index in [-0.39, 0.29) is 22.2 Å². The van der Waals surface area contributed by atoms with Crippen molar-refractivity contribution in [3.8, 4) is 0 Å². The number of carbonyl (C=O) groups is 1. The van der Waals surface area contributed by atoms with Gasteiger partial charge in [-0.3, -0.25) is 18.7 Å². The summed E-state index contributed by atoms with van der Waals surface area (Å²) in [6, 6.07) is 5.34. The summed E-state index contributed by atoms with van der Waals surface area (Å²) in [5, 5.41) is -0.0135. The average molecular weight is 481 g/mol. The minimum atomic E-state index is -4.03. The number of carbonyl (C=O) groups excluding carboxylic acids is 1. The second kappa shape index (κ2) is 8.38. The minimum Gasteiger partial charge on any atom is -0.458 e. The zero-order valence-corrected chi connectivity index (χ0v) is 17.4. The molecular formula is C15H15BrClN3O6S. The highest BCUT2D eigenvalue weighted by molar-refractivity contribution is 9.10. The fourth-order valence-electron chi connectivity index (χ4n) is 2.05. The third-order valence-electron chi connectivity index (χ3n) is 3.60. The Morgan fingerprint density at radius 3 is 2.52 bits per heavy atom. The predicted molar refractivity (Wildman–Crippen MR) is 101 cm³/mol. The van der Waals surface area contributed by atoms with Crippen LogP contribution in [0.3, 0.4) is 0 Å². The topological polar surface area (TPSA) is 116 Å². The number of nitrogens with zero attached hydrogens (tertiary/aromatic N) is 2. The third kappa shape index (κ3) is 5.06. The minimum absolute atomic E-state index is 0.0135. The van der Waals surface area contributed by atoms with E-state index in [2.05, 4.69) is 20.7 Å². The van der Waals surface area contributed by atoms with Crippen LogP contribution in [-0.4, -0.2) is 30.1 Å². The number of nitrogens with one attached hydrogen (secondary N) is 1. The van der Waals surface area contributed by atoms with Gasteiger partial charge < -0.3 is 4.74 Å². The van der Waals surface area contributed by atoms with Gasteiger partial charge in [-0.1, -0.05) is 27.5 Å². The molecule has 0 aliphatic heterocycles. The fourth-order valence-corrected chi connectivity index (χ4v) is 4.05. The van der Waals surface area contributed by atoms with Crippen molar-refractivity contribution < 1.29 is 17.9 Å². The highest BCUT2D eigenvalue weighted by Crippen LogP contribution is 2.24. The number of hydrogen-bond acceptors (Lipinski definition) is 6. The van der Waals surface area contributed by atoms with E-state index < -0.39 is 33.8 Å². The highest BCUT2D eigenvalue weighted by Gasteiger charge is 2.19. The van der Waals surface area contributed by atoms with E-state index in [4.69, 9.17) is 16.3 Å². The fraction of sp³-hybridized carbons (Fsp3) is 0.267. The average Bonchev–Trinajstić information content (AvgIpc) is 2.59. The van der Waals surface area contributed by atoms with Crippen molar-refractivity contribution in [1.29, 1.82) is 0 Å². The molecule has 27 heavy (non-hydrogen) atoms. The van der Waals surface area contributed by atoms with Crippen molar-refractivity contribution in [3.63, 3.8) is 0 Å². The van der Waals surface area contributed by atoms with Gasteiger partial charge in [0.05, 0.1) is 10.7 Å². The molecule has 1 heterocycles. The molecule has 2 aromatic rings. The number of benzene rings is 1. The molecule has 0 bridgehead atoms. The number of aromatic nitrogens is 2. The molecule has 0 radical (unpaired) electrons. The molecule has 0 atom stereocenters. The Kier molecular flexibility index (Phi) is 6.63. The quantitative estimate of drug-likeness (QED) is 0.603. The molecule has 146 valence electrons. The summed E-state index contributed by atoms with van der Waals surface area (Å²) in [7, 11) is -1.28. The van der Waals surface area contributed by atoms with Crippen molar-refractivity contribution in [2.45, 2.75) is 11.5 Å². The molecule has 1 aromatic carbocycles. The van der Waals surface area contributed by atoms with Crippen molar-refractivity contribution in [2.75, 3.05) is 6.54 Å². The molecule has 0 aliphatic rings. The number of halogens is 2. The molecule has 0 spiro atoms. The van der Waals surface area contributed by atoms with Gasteiger partial charge in [0.25, 0.3) is 5.56 Å². The Balaban J connectivity index is 2.03. The maximum atomic E-state index is 12.2. The van der Waals surface area contributed by atoms with Crippen LogP contribution >= 0.6 is 27.5 Å². The number of rotatable bonds is 6. The summed E-state index contributed by atoms with van der Waals surface area (Å²) in [5.41, 5.74) is -0.941. The number of ether oxygens (including phenoxy) is 1. The van der Waals surface area contributed by atoms with Crippen LogP contribution < -0.4 is 16.0 Å². The van der Waals surface area contributed by atoms with Crippen molar-refractivity contribution in [2.24, 2.45) is 14.1 Å². The molecule has 0 amide bonds. The first kappa shape index (κ1) is 21.4. The maximum absolute atomic E-state index is 12.2. The Morgan fingerprint density at radius 2 is 1.89 bits per heavy atom. The van der Waals surface area contributed by atoms with Gasteiger partial charge in [-0.2, -0.15) is 4.72 Å². The normalized spacial score (nSPS) is 11.4. The van der Waals surface area contributed by atoms with Crippen LogP contribution in [0.25, 0.3) is 0 Å². The van der Waals surface area contributed by atoms with E-state index in [0.717, 1.165) is 15.2 Å². The molecule has 0 fully saturated rings. The lowest BCUT2D eigenvalue weighted by Crippen LogP contribution is -2.38. The van der Waals surface area contributed by atoms with Gasteiger partial charge in [-0.25, -0.2) is 13.2 Å². The summed E-state index contributed by atoms with van der Waals surface area (Å²) < 4.78 is 34.1. The van der Waals surface area contributed by atoms with Crippen LogP contribution in [0.1, 0.15) is 5.69 Å². The monoisotopic (exact) mass is 479 g/mol. The van der Waals surface area contributed by atoms with Gasteiger partial charge in [0.15, 0.2) is 0 Å². The van der Waals surface area contributed by atoms with Crippen molar-refractivity contribution in [1.82, 2.24) is 13.9 Å². The number of sulfonamides is 1. The zero-order valence-electron chi connectivity index (χ0n) is 14.2. The summed E-state index contributed by atoms with van der Waals surface area (Å²) in [6.07, 6.45) is 0. The van der Waals surface area contributed by atoms with Gasteiger partial charge in [0, 0.05) is 24.6 Å². The Labute approximate surface area is 167 Å². The van der Waals surface area contributed by atoms with Gasteiger partial charge in [0.2, 0.25) is 10.0 Å². The molecule has 1 aromatic heterocycles. The van der Waals surface area contributed by atoms with Gasteiger partial charge in [0.1, 0.15) is 18.0 Å². The molecule has 9 nitrogen and oxygen atoms in total. The Morgan fingerprint density at radius 1 is 1.22 bits per heavy atom. The van der Waals surface area contributed by atoms with E-state index in [1.165, 1.54) is 32.3 Å². The van der Waals surface area contributed by atoms with Crippen LogP contribution in [0.5, 0.6) is 0 Å². The molecule has 0 saturated heterocycles. The van der Waals surface area contributed by atoms with Gasteiger partial charge >= 0.3 is 11.7 Å². The van der Waals surface area contributed by atoms with Crippen LogP contribution in [0.4, 0.5) is 0 Å². The molecule has 1 N–H and O–H groups in total. The van der Waals surface area contributed by atoms with Crippen LogP contribution in [0, 0.1) is 0 Å². The lowest BCUT2D eigenvalue weighted by atomic mass is 10.4. The molecule has 12 heteroatoms. The van der Waals surface area contributed by atoms with E-state index in [1.807, 2.05) is 0 Å². The van der Waals surface area contributed by atoms with Gasteiger partial charge in [-0.15, -0.1) is 0 Å². The lowest BCUT2D eigenvalue weighted by Gasteiger charge is -2.11. The van der Waals surface area contributed by atoms with E-state index in [0.29, 0.717) is 4.47 Å². The number of esters is 1. The van der Waals surface area contributed by atoms with Crippen LogP contribution in [0.15, 0.2) is 43.2 Å². The Bertz CT molecular complexity index is 1110. The summed E-state index contributed by atoms with van der Waals surface area (Å²) in [5.74, 6) is -0.889. The molecule has 2 rings (SSSR count). The summed E-state index contributed by atoms with van der Waals surface area (Å²) >= 11 is 9.07. The highest BCUT2D eigenvalue weighted by atomic mass is 79.9.